The van der Waals surface area contributed by atoms with Crippen LogP contribution in [0.1, 0.15) is 52.9 Å². The van der Waals surface area contributed by atoms with Gasteiger partial charge in [-0.15, -0.1) is 0 Å². The van der Waals surface area contributed by atoms with Crippen molar-refractivity contribution in [3.63, 3.8) is 0 Å². The Morgan fingerprint density at radius 2 is 1.81 bits per heavy atom. The van der Waals surface area contributed by atoms with Crippen molar-refractivity contribution >= 4 is 5.97 Å². The molecule has 1 aliphatic rings. The Kier molecular flexibility index (Phi) is 4.36. The highest BCUT2D eigenvalue weighted by molar-refractivity contribution is 5.70. The molecule has 94 valence electrons. The van der Waals surface area contributed by atoms with Gasteiger partial charge in [0.15, 0.2) is 0 Å². The summed E-state index contributed by atoms with van der Waals surface area (Å²) in [6.07, 6.45) is 3.89. The molecule has 0 bridgehead atoms. The van der Waals surface area contributed by atoms with E-state index in [1.54, 1.807) is 0 Å². The van der Waals surface area contributed by atoms with Crippen molar-refractivity contribution in [1.29, 1.82) is 0 Å². The SMILES string of the molecule is CCC(O)(C(C)C)C1CCC(C(=O)O)CC1. The molecule has 3 heteroatoms. The van der Waals surface area contributed by atoms with E-state index in [9.17, 15) is 9.90 Å². The Balaban J connectivity index is 2.61. The summed E-state index contributed by atoms with van der Waals surface area (Å²) in [6, 6.07) is 0. The van der Waals surface area contributed by atoms with Gasteiger partial charge in [-0.25, -0.2) is 0 Å². The number of hydrogen-bond donors (Lipinski definition) is 2. The predicted octanol–water partition coefficient (Wildman–Crippen LogP) is 2.67. The number of aliphatic hydroxyl groups is 1. The van der Waals surface area contributed by atoms with E-state index < -0.39 is 11.6 Å². The molecule has 2 N–H and O–H groups in total. The fourth-order valence-corrected chi connectivity index (χ4v) is 3.01. The third-order valence-corrected chi connectivity index (χ3v) is 4.35. The van der Waals surface area contributed by atoms with Crippen molar-refractivity contribution in [1.82, 2.24) is 0 Å². The Morgan fingerprint density at radius 1 is 1.31 bits per heavy atom. The molecule has 3 nitrogen and oxygen atoms in total. The molecule has 0 saturated heterocycles. The van der Waals surface area contributed by atoms with Gasteiger partial charge in [-0.05, 0) is 43.9 Å². The van der Waals surface area contributed by atoms with Gasteiger partial charge in [0.25, 0.3) is 0 Å². The van der Waals surface area contributed by atoms with Crippen LogP contribution in [0.4, 0.5) is 0 Å². The van der Waals surface area contributed by atoms with Crippen LogP contribution in [-0.4, -0.2) is 21.8 Å². The van der Waals surface area contributed by atoms with E-state index in [1.807, 2.05) is 20.8 Å². The molecule has 1 unspecified atom stereocenters. The minimum atomic E-state index is -0.678. The van der Waals surface area contributed by atoms with Gasteiger partial charge in [-0.1, -0.05) is 20.8 Å². The van der Waals surface area contributed by atoms with Gasteiger partial charge in [0.1, 0.15) is 0 Å². The number of carbonyl (C=O) groups is 1. The standard InChI is InChI=1S/C13H24O3/c1-4-13(16,9(2)3)11-7-5-10(6-8-11)12(14)15/h9-11,16H,4-8H2,1-3H3,(H,14,15). The van der Waals surface area contributed by atoms with Crippen molar-refractivity contribution in [2.24, 2.45) is 17.8 Å². The molecule has 0 aliphatic heterocycles. The van der Waals surface area contributed by atoms with Crippen molar-refractivity contribution in [2.45, 2.75) is 58.5 Å². The molecule has 0 aromatic heterocycles. The van der Waals surface area contributed by atoms with Crippen LogP contribution in [0.2, 0.25) is 0 Å². The molecule has 0 aromatic carbocycles. The van der Waals surface area contributed by atoms with Crippen molar-refractivity contribution < 1.29 is 15.0 Å². The molecule has 0 radical (unpaired) electrons. The second kappa shape index (κ2) is 5.17. The zero-order valence-corrected chi connectivity index (χ0v) is 10.6. The zero-order valence-electron chi connectivity index (χ0n) is 10.6. The van der Waals surface area contributed by atoms with Crippen LogP contribution in [0.3, 0.4) is 0 Å². The molecular formula is C13H24O3. The fraction of sp³-hybridized carbons (Fsp3) is 0.923. The summed E-state index contributed by atoms with van der Waals surface area (Å²) >= 11 is 0. The molecule has 1 fully saturated rings. The van der Waals surface area contributed by atoms with Gasteiger partial charge in [-0.2, -0.15) is 0 Å². The second-order valence-corrected chi connectivity index (χ2v) is 5.39. The molecule has 0 heterocycles. The summed E-state index contributed by atoms with van der Waals surface area (Å²) in [5.41, 5.74) is -0.608. The lowest BCUT2D eigenvalue weighted by molar-refractivity contribution is -0.145. The molecule has 0 amide bonds. The highest BCUT2D eigenvalue weighted by Crippen LogP contribution is 2.40. The van der Waals surface area contributed by atoms with E-state index in [4.69, 9.17) is 5.11 Å². The van der Waals surface area contributed by atoms with Crippen LogP contribution in [0.5, 0.6) is 0 Å². The van der Waals surface area contributed by atoms with E-state index in [0.717, 1.165) is 32.1 Å². The fourth-order valence-electron chi connectivity index (χ4n) is 3.01. The van der Waals surface area contributed by atoms with E-state index in [2.05, 4.69) is 0 Å². The third kappa shape index (κ3) is 2.57. The number of carboxylic acids is 1. The van der Waals surface area contributed by atoms with Crippen LogP contribution < -0.4 is 0 Å². The maximum absolute atomic E-state index is 10.9. The lowest BCUT2D eigenvalue weighted by Gasteiger charge is -2.42. The first-order valence-electron chi connectivity index (χ1n) is 6.37. The Bertz CT molecular complexity index is 242. The van der Waals surface area contributed by atoms with Crippen molar-refractivity contribution in [3.05, 3.63) is 0 Å². The molecule has 1 aliphatic carbocycles. The van der Waals surface area contributed by atoms with Gasteiger partial charge < -0.3 is 10.2 Å². The lowest BCUT2D eigenvalue weighted by atomic mass is 9.68. The van der Waals surface area contributed by atoms with E-state index >= 15 is 0 Å². The van der Waals surface area contributed by atoms with Gasteiger partial charge in [-0.3, -0.25) is 4.79 Å². The first-order chi connectivity index (χ1) is 7.41. The van der Waals surface area contributed by atoms with Gasteiger partial charge in [0.05, 0.1) is 11.5 Å². The molecule has 16 heavy (non-hydrogen) atoms. The van der Waals surface area contributed by atoms with Crippen LogP contribution in [0.15, 0.2) is 0 Å². The highest BCUT2D eigenvalue weighted by Gasteiger charge is 2.40. The van der Waals surface area contributed by atoms with Gasteiger partial charge in [0.2, 0.25) is 0 Å². The van der Waals surface area contributed by atoms with E-state index in [-0.39, 0.29) is 17.8 Å². The molecule has 1 atom stereocenters. The quantitative estimate of drug-likeness (QED) is 0.777. The number of aliphatic carboxylic acids is 1. The summed E-state index contributed by atoms with van der Waals surface area (Å²) < 4.78 is 0. The van der Waals surface area contributed by atoms with Gasteiger partial charge in [0, 0.05) is 0 Å². The van der Waals surface area contributed by atoms with Crippen LogP contribution in [0, 0.1) is 17.8 Å². The third-order valence-electron chi connectivity index (χ3n) is 4.35. The largest absolute Gasteiger partial charge is 0.481 e. The first kappa shape index (κ1) is 13.5. The molecule has 0 aromatic rings. The Labute approximate surface area is 97.9 Å². The molecule has 1 rings (SSSR count). The average Bonchev–Trinajstić information content (AvgIpc) is 2.27. The predicted molar refractivity (Wildman–Crippen MR) is 63.2 cm³/mol. The van der Waals surface area contributed by atoms with E-state index in [0.29, 0.717) is 0 Å². The minimum Gasteiger partial charge on any atom is -0.481 e. The van der Waals surface area contributed by atoms with Crippen molar-refractivity contribution in [2.75, 3.05) is 0 Å². The van der Waals surface area contributed by atoms with Crippen LogP contribution in [0.25, 0.3) is 0 Å². The topological polar surface area (TPSA) is 57.5 Å². The number of carboxylic acid groups (broad SMARTS) is 1. The van der Waals surface area contributed by atoms with Crippen molar-refractivity contribution in [3.8, 4) is 0 Å². The lowest BCUT2D eigenvalue weighted by Crippen LogP contribution is -2.44. The van der Waals surface area contributed by atoms with E-state index in [1.165, 1.54) is 0 Å². The summed E-state index contributed by atoms with van der Waals surface area (Å²) in [5.74, 6) is -0.357. The number of hydrogen-bond acceptors (Lipinski definition) is 2. The number of rotatable bonds is 4. The maximum Gasteiger partial charge on any atom is 0.306 e. The van der Waals surface area contributed by atoms with Crippen LogP contribution in [-0.2, 0) is 4.79 Å². The average molecular weight is 228 g/mol. The van der Waals surface area contributed by atoms with Crippen LogP contribution >= 0.6 is 0 Å². The molecule has 1 saturated carbocycles. The maximum atomic E-state index is 10.9. The smallest absolute Gasteiger partial charge is 0.306 e. The Hall–Kier alpha value is -0.570. The monoisotopic (exact) mass is 228 g/mol. The molecular weight excluding hydrogens is 204 g/mol. The summed E-state index contributed by atoms with van der Waals surface area (Å²) in [5, 5.41) is 19.5. The highest BCUT2D eigenvalue weighted by atomic mass is 16.4. The second-order valence-electron chi connectivity index (χ2n) is 5.39. The Morgan fingerprint density at radius 3 is 2.12 bits per heavy atom. The van der Waals surface area contributed by atoms with Gasteiger partial charge >= 0.3 is 5.97 Å². The minimum absolute atomic E-state index is 0.190. The zero-order chi connectivity index (χ0) is 12.3. The molecule has 0 spiro atoms. The summed E-state index contributed by atoms with van der Waals surface area (Å²) in [4.78, 5) is 10.9. The summed E-state index contributed by atoms with van der Waals surface area (Å²) in [7, 11) is 0. The normalized spacial score (nSPS) is 30.1. The summed E-state index contributed by atoms with van der Waals surface area (Å²) in [6.45, 7) is 6.11. The first-order valence-corrected chi connectivity index (χ1v) is 6.37.